The van der Waals surface area contributed by atoms with Gasteiger partial charge in [-0.2, -0.15) is 0 Å². The predicted molar refractivity (Wildman–Crippen MR) is 106 cm³/mol. The molecule has 0 aliphatic rings. The molecule has 25 heavy (non-hydrogen) atoms. The fourth-order valence-corrected chi connectivity index (χ4v) is 3.18. The molecule has 0 unspecified atom stereocenters. The second-order valence-corrected chi connectivity index (χ2v) is 6.97. The zero-order valence-corrected chi connectivity index (χ0v) is 15.6. The fourth-order valence-electron chi connectivity index (χ4n) is 2.06. The fraction of sp³-hybridized carbons (Fsp3) is 0.118. The van der Waals surface area contributed by atoms with Crippen LogP contribution in [0, 0.1) is 0 Å². The molecule has 128 valence electrons. The van der Waals surface area contributed by atoms with Gasteiger partial charge in [-0.15, -0.1) is 10.2 Å². The van der Waals surface area contributed by atoms with E-state index in [1.807, 2.05) is 54.6 Å². The van der Waals surface area contributed by atoms with Crippen molar-refractivity contribution in [2.45, 2.75) is 17.5 Å². The van der Waals surface area contributed by atoms with Gasteiger partial charge in [0.1, 0.15) is 6.33 Å². The Morgan fingerprint density at radius 3 is 2.60 bits per heavy atom. The van der Waals surface area contributed by atoms with Crippen LogP contribution in [0.25, 0.3) is 0 Å². The summed E-state index contributed by atoms with van der Waals surface area (Å²) in [6.45, 7) is 0.655. The van der Waals surface area contributed by atoms with Crippen molar-refractivity contribution in [1.29, 1.82) is 0 Å². The first-order chi connectivity index (χ1) is 12.2. The lowest BCUT2D eigenvalue weighted by Gasteiger charge is -2.12. The maximum absolute atomic E-state index is 5.90. The Balaban J connectivity index is 1.52. The van der Waals surface area contributed by atoms with Gasteiger partial charge in [-0.3, -0.25) is 5.43 Å². The average molecular weight is 390 g/mol. The molecule has 0 atom stereocenters. The second-order valence-electron chi connectivity index (χ2n) is 5.18. The van der Waals surface area contributed by atoms with E-state index in [-0.39, 0.29) is 0 Å². The normalized spacial score (nSPS) is 10.4. The minimum Gasteiger partial charge on any atom is -0.357 e. The lowest BCUT2D eigenvalue weighted by Crippen LogP contribution is -2.33. The Bertz CT molecular complexity index is 821. The van der Waals surface area contributed by atoms with Crippen LogP contribution >= 0.6 is 35.6 Å². The van der Waals surface area contributed by atoms with Gasteiger partial charge in [0.15, 0.2) is 5.11 Å². The van der Waals surface area contributed by atoms with Crippen molar-refractivity contribution >= 4 is 40.7 Å². The molecular weight excluding hydrogens is 374 g/mol. The molecule has 3 aromatic rings. The third-order valence-corrected chi connectivity index (χ3v) is 4.82. The summed E-state index contributed by atoms with van der Waals surface area (Å²) in [6.07, 6.45) is 1.60. The smallest absolute Gasteiger partial charge is 0.210 e. The van der Waals surface area contributed by atoms with Gasteiger partial charge in [0, 0.05) is 17.3 Å². The molecule has 0 aliphatic carbocycles. The van der Waals surface area contributed by atoms with Crippen molar-refractivity contribution in [3.8, 4) is 0 Å². The van der Waals surface area contributed by atoms with Gasteiger partial charge in [-0.25, -0.2) is 4.68 Å². The van der Waals surface area contributed by atoms with E-state index in [1.165, 1.54) is 0 Å². The standard InChI is InChI=1S/C17H16ClN5S2/c18-15-8-6-14(7-9-15)11-25-17-21-20-12-23(17)22-16(24)19-10-13-4-2-1-3-5-13/h1-9,12H,10-11H2,(H2,19,22,24). The van der Waals surface area contributed by atoms with Crippen molar-refractivity contribution in [1.82, 2.24) is 20.2 Å². The zero-order valence-electron chi connectivity index (χ0n) is 13.2. The first-order valence-electron chi connectivity index (χ1n) is 7.57. The molecule has 8 heteroatoms. The molecule has 0 amide bonds. The van der Waals surface area contributed by atoms with Gasteiger partial charge in [0.05, 0.1) is 0 Å². The van der Waals surface area contributed by atoms with Crippen LogP contribution in [0.1, 0.15) is 11.1 Å². The molecule has 0 saturated heterocycles. The number of thioether (sulfide) groups is 1. The zero-order chi connectivity index (χ0) is 17.5. The quantitative estimate of drug-likeness (QED) is 0.493. The van der Waals surface area contributed by atoms with Crippen molar-refractivity contribution in [3.63, 3.8) is 0 Å². The molecule has 0 bridgehead atoms. The number of halogens is 1. The van der Waals surface area contributed by atoms with Gasteiger partial charge in [-0.05, 0) is 35.5 Å². The van der Waals surface area contributed by atoms with Crippen LogP contribution in [0.4, 0.5) is 0 Å². The molecule has 0 spiro atoms. The molecule has 2 aromatic carbocycles. The Labute approximate surface area is 160 Å². The van der Waals surface area contributed by atoms with Crippen LogP contribution in [-0.4, -0.2) is 20.0 Å². The molecule has 0 saturated carbocycles. The number of nitrogens with zero attached hydrogens (tertiary/aromatic N) is 3. The van der Waals surface area contributed by atoms with E-state index in [9.17, 15) is 0 Å². The number of rotatable bonds is 6. The molecule has 1 aromatic heterocycles. The molecular formula is C17H16ClN5S2. The van der Waals surface area contributed by atoms with E-state index in [2.05, 4.69) is 20.9 Å². The monoisotopic (exact) mass is 389 g/mol. The van der Waals surface area contributed by atoms with Crippen LogP contribution in [0.3, 0.4) is 0 Å². The number of aromatic nitrogens is 3. The molecule has 1 heterocycles. The van der Waals surface area contributed by atoms with Crippen LogP contribution in [0.2, 0.25) is 5.02 Å². The van der Waals surface area contributed by atoms with Crippen LogP contribution in [0.15, 0.2) is 66.1 Å². The van der Waals surface area contributed by atoms with Crippen molar-refractivity contribution in [3.05, 3.63) is 77.1 Å². The van der Waals surface area contributed by atoms with Crippen molar-refractivity contribution in [2.24, 2.45) is 0 Å². The number of thiocarbonyl (C=S) groups is 1. The number of hydrogen-bond donors (Lipinski definition) is 2. The Kier molecular flexibility index (Phi) is 6.27. The second kappa shape index (κ2) is 8.84. The van der Waals surface area contributed by atoms with Gasteiger partial charge in [0.2, 0.25) is 5.16 Å². The first kappa shape index (κ1) is 17.7. The van der Waals surface area contributed by atoms with Crippen LogP contribution in [-0.2, 0) is 12.3 Å². The minimum atomic E-state index is 0.511. The topological polar surface area (TPSA) is 54.8 Å². The predicted octanol–water partition coefficient (Wildman–Crippen LogP) is 3.84. The van der Waals surface area contributed by atoms with Gasteiger partial charge >= 0.3 is 0 Å². The highest BCUT2D eigenvalue weighted by atomic mass is 35.5. The number of hydrogen-bond acceptors (Lipinski definition) is 4. The maximum atomic E-state index is 5.90. The SMILES string of the molecule is S=C(NCc1ccccc1)Nn1cnnc1SCc1ccc(Cl)cc1. The van der Waals surface area contributed by atoms with Gasteiger partial charge < -0.3 is 5.32 Å². The molecule has 3 rings (SSSR count). The summed E-state index contributed by atoms with van der Waals surface area (Å²) >= 11 is 12.8. The highest BCUT2D eigenvalue weighted by Gasteiger charge is 2.07. The highest BCUT2D eigenvalue weighted by Crippen LogP contribution is 2.21. The molecule has 5 nitrogen and oxygen atoms in total. The third-order valence-electron chi connectivity index (χ3n) is 3.32. The van der Waals surface area contributed by atoms with Gasteiger partial charge in [-0.1, -0.05) is 65.8 Å². The van der Waals surface area contributed by atoms with Crippen molar-refractivity contribution in [2.75, 3.05) is 5.43 Å². The number of benzene rings is 2. The number of nitrogens with one attached hydrogen (secondary N) is 2. The van der Waals surface area contributed by atoms with E-state index in [0.717, 1.165) is 27.1 Å². The van der Waals surface area contributed by atoms with E-state index in [0.29, 0.717) is 11.7 Å². The lowest BCUT2D eigenvalue weighted by atomic mass is 10.2. The summed E-state index contributed by atoms with van der Waals surface area (Å²) in [5, 5.41) is 13.2. The average Bonchev–Trinajstić information content (AvgIpc) is 3.07. The maximum Gasteiger partial charge on any atom is 0.210 e. The van der Waals surface area contributed by atoms with E-state index in [4.69, 9.17) is 23.8 Å². The van der Waals surface area contributed by atoms with E-state index in [1.54, 1.807) is 22.8 Å². The molecule has 0 radical (unpaired) electrons. The largest absolute Gasteiger partial charge is 0.357 e. The summed E-state index contributed by atoms with van der Waals surface area (Å²) in [5.41, 5.74) is 5.40. The van der Waals surface area contributed by atoms with E-state index >= 15 is 0 Å². The molecule has 0 fully saturated rings. The third kappa shape index (κ3) is 5.45. The highest BCUT2D eigenvalue weighted by molar-refractivity contribution is 7.98. The summed E-state index contributed by atoms with van der Waals surface area (Å²) < 4.78 is 1.71. The molecule has 2 N–H and O–H groups in total. The van der Waals surface area contributed by atoms with Crippen LogP contribution in [0.5, 0.6) is 0 Å². The summed E-state index contributed by atoms with van der Waals surface area (Å²) in [6, 6.07) is 17.8. The lowest BCUT2D eigenvalue weighted by molar-refractivity contribution is 0.811. The minimum absolute atomic E-state index is 0.511. The summed E-state index contributed by atoms with van der Waals surface area (Å²) in [7, 11) is 0. The first-order valence-corrected chi connectivity index (χ1v) is 9.34. The summed E-state index contributed by atoms with van der Waals surface area (Å²) in [4.78, 5) is 0. The Morgan fingerprint density at radius 1 is 1.08 bits per heavy atom. The van der Waals surface area contributed by atoms with Crippen LogP contribution < -0.4 is 10.7 Å². The van der Waals surface area contributed by atoms with Gasteiger partial charge in [0.25, 0.3) is 0 Å². The van der Waals surface area contributed by atoms with Crippen molar-refractivity contribution < 1.29 is 0 Å². The molecule has 0 aliphatic heterocycles. The Hall–Kier alpha value is -2.09. The Morgan fingerprint density at radius 2 is 1.84 bits per heavy atom. The van der Waals surface area contributed by atoms with E-state index < -0.39 is 0 Å². The summed E-state index contributed by atoms with van der Waals surface area (Å²) in [5.74, 6) is 0.766.